The number of benzene rings is 3. The van der Waals surface area contributed by atoms with Crippen molar-refractivity contribution >= 4 is 40.0 Å². The molecule has 0 unspecified atom stereocenters. The number of aromatic hydroxyl groups is 1. The van der Waals surface area contributed by atoms with E-state index in [2.05, 4.69) is 10.6 Å². The van der Waals surface area contributed by atoms with E-state index < -0.39 is 5.97 Å². The number of carboxylic acid groups (broad SMARTS) is 1. The predicted octanol–water partition coefficient (Wildman–Crippen LogP) is 6.47. The second-order valence-corrected chi connectivity index (χ2v) is 12.5. The van der Waals surface area contributed by atoms with Gasteiger partial charge in [-0.3, -0.25) is 4.79 Å². The van der Waals surface area contributed by atoms with Crippen LogP contribution in [-0.2, 0) is 0 Å². The molecule has 4 saturated carbocycles. The molecule has 0 saturated heterocycles. The Balaban J connectivity index is 1.19. The lowest BCUT2D eigenvalue weighted by Gasteiger charge is -2.57. The van der Waals surface area contributed by atoms with Crippen LogP contribution < -0.4 is 16.1 Å². The van der Waals surface area contributed by atoms with Crippen LogP contribution in [0.4, 0.5) is 5.69 Å². The van der Waals surface area contributed by atoms with E-state index in [0.717, 1.165) is 24.3 Å². The van der Waals surface area contributed by atoms with E-state index in [0.29, 0.717) is 49.6 Å². The topological polar surface area (TPSA) is 112 Å². The normalized spacial score (nSPS) is 24.9. The summed E-state index contributed by atoms with van der Waals surface area (Å²) in [6.07, 6.45) is 8.03. The van der Waals surface area contributed by atoms with E-state index in [-0.39, 0.29) is 16.7 Å². The number of phenols is 1. The fourth-order valence-electron chi connectivity index (χ4n) is 8.12. The Hall–Kier alpha value is -3.91. The summed E-state index contributed by atoms with van der Waals surface area (Å²) in [5, 5.41) is 28.0. The predicted molar refractivity (Wildman–Crippen MR) is 158 cm³/mol. The van der Waals surface area contributed by atoms with Crippen LogP contribution >= 0.6 is 12.2 Å². The van der Waals surface area contributed by atoms with E-state index >= 15 is 0 Å². The number of rotatable bonds is 5. The van der Waals surface area contributed by atoms with Crippen LogP contribution in [0.2, 0.25) is 0 Å². The Morgan fingerprint density at radius 2 is 1.65 bits per heavy atom. The van der Waals surface area contributed by atoms with Crippen molar-refractivity contribution in [3.8, 4) is 28.2 Å². The molecule has 1 aliphatic heterocycles. The third-order valence-corrected chi connectivity index (χ3v) is 9.49. The zero-order valence-corrected chi connectivity index (χ0v) is 22.7. The molecule has 7 nitrogen and oxygen atoms in total. The highest BCUT2D eigenvalue weighted by Crippen LogP contribution is 2.59. The van der Waals surface area contributed by atoms with Gasteiger partial charge in [0, 0.05) is 40.9 Å². The number of carbonyl (C=O) groups is 1. The molecule has 4 fully saturated rings. The van der Waals surface area contributed by atoms with Gasteiger partial charge < -0.3 is 25.3 Å². The van der Waals surface area contributed by atoms with Gasteiger partial charge in [-0.15, -0.1) is 0 Å². The van der Waals surface area contributed by atoms with Crippen LogP contribution in [0, 0.1) is 23.2 Å². The Labute approximate surface area is 236 Å². The van der Waals surface area contributed by atoms with Gasteiger partial charge in [0.05, 0.1) is 5.56 Å². The fourth-order valence-corrected chi connectivity index (χ4v) is 8.31. The van der Waals surface area contributed by atoms with Gasteiger partial charge in [-0.1, -0.05) is 6.07 Å². The van der Waals surface area contributed by atoms with Gasteiger partial charge in [-0.25, -0.2) is 4.79 Å². The van der Waals surface area contributed by atoms with Crippen LogP contribution in [0.3, 0.4) is 0 Å². The molecule has 0 spiro atoms. The molecule has 1 heterocycles. The Kier molecular flexibility index (Phi) is 5.85. The lowest BCUT2D eigenvalue weighted by atomic mass is 9.49. The van der Waals surface area contributed by atoms with Crippen molar-refractivity contribution in [1.29, 1.82) is 0 Å². The summed E-state index contributed by atoms with van der Waals surface area (Å²) in [6, 6.07) is 14.3. The molecule has 2 aromatic rings. The number of hydrogen-bond acceptors (Lipinski definition) is 5. The largest absolute Gasteiger partial charge is 0.508 e. The Morgan fingerprint density at radius 3 is 2.35 bits per heavy atom. The maximum absolute atomic E-state index is 12.5. The highest BCUT2D eigenvalue weighted by atomic mass is 32.1. The maximum Gasteiger partial charge on any atom is 0.336 e. The average Bonchev–Trinajstić information content (AvgIpc) is 2.90. The number of hydrogen-bond donors (Lipinski definition) is 4. The molecule has 2 aromatic carbocycles. The monoisotopic (exact) mass is 554 g/mol. The number of carboxylic acids is 1. The highest BCUT2D eigenvalue weighted by molar-refractivity contribution is 7.80. The van der Waals surface area contributed by atoms with Gasteiger partial charge in [0.2, 0.25) is 0 Å². The number of phenolic OH excluding ortho intramolecular Hbond substituents is 1. The smallest absolute Gasteiger partial charge is 0.336 e. The van der Waals surface area contributed by atoms with Gasteiger partial charge in [0.1, 0.15) is 17.1 Å². The van der Waals surface area contributed by atoms with E-state index in [9.17, 15) is 19.8 Å². The molecule has 8 heteroatoms. The molecular weight excluding hydrogens is 524 g/mol. The molecule has 6 aliphatic rings. The summed E-state index contributed by atoms with van der Waals surface area (Å²) in [6.45, 7) is 0.853. The van der Waals surface area contributed by atoms with Crippen LogP contribution in [0.5, 0.6) is 5.75 Å². The molecule has 40 heavy (non-hydrogen) atoms. The number of aromatic carboxylic acids is 1. The average molecular weight is 555 g/mol. The van der Waals surface area contributed by atoms with Crippen molar-refractivity contribution < 1.29 is 19.4 Å². The third kappa shape index (κ3) is 4.40. The summed E-state index contributed by atoms with van der Waals surface area (Å²) in [7, 11) is 0. The zero-order chi connectivity index (χ0) is 27.6. The summed E-state index contributed by atoms with van der Waals surface area (Å²) in [5.41, 5.74) is 2.81. The van der Waals surface area contributed by atoms with Crippen molar-refractivity contribution in [3.05, 3.63) is 70.4 Å². The number of anilines is 1. The summed E-state index contributed by atoms with van der Waals surface area (Å²) >= 11 is 5.64. The van der Waals surface area contributed by atoms with Crippen molar-refractivity contribution in [1.82, 2.24) is 5.32 Å². The first-order valence-electron chi connectivity index (χ1n) is 13.9. The molecule has 0 atom stereocenters. The first kappa shape index (κ1) is 25.1. The first-order chi connectivity index (χ1) is 19.2. The Bertz CT molecular complexity index is 1670. The minimum absolute atomic E-state index is 0.00684. The summed E-state index contributed by atoms with van der Waals surface area (Å²) < 4.78 is 5.92. The summed E-state index contributed by atoms with van der Waals surface area (Å²) in [5.74, 6) is 1.82. The van der Waals surface area contributed by atoms with E-state index in [1.807, 2.05) is 6.07 Å². The van der Waals surface area contributed by atoms with Crippen molar-refractivity contribution in [3.63, 3.8) is 0 Å². The first-order valence-corrected chi connectivity index (χ1v) is 14.3. The number of nitrogens with one attached hydrogen (secondary N) is 2. The van der Waals surface area contributed by atoms with Crippen molar-refractivity contribution in [2.45, 2.75) is 38.5 Å². The van der Waals surface area contributed by atoms with E-state index in [1.165, 1.54) is 62.8 Å². The maximum atomic E-state index is 12.5. The van der Waals surface area contributed by atoms with Crippen LogP contribution in [-0.4, -0.2) is 27.8 Å². The second kappa shape index (κ2) is 9.34. The van der Waals surface area contributed by atoms with Gasteiger partial charge in [0.25, 0.3) is 0 Å². The zero-order valence-electron chi connectivity index (χ0n) is 21.9. The van der Waals surface area contributed by atoms with E-state index in [4.69, 9.17) is 16.6 Å². The van der Waals surface area contributed by atoms with Gasteiger partial charge >= 0.3 is 5.97 Å². The van der Waals surface area contributed by atoms with Gasteiger partial charge in [-0.05, 0) is 116 Å². The SMILES string of the molecule is O=C(O)c1cc(NC(=S)NCC23CC4CC(CC(C4)C2)C3)ccc1-c1c2ccc(=O)cc-2oc2cc(O)ccc12. The molecule has 4 bridgehead atoms. The van der Waals surface area contributed by atoms with E-state index in [1.54, 1.807) is 24.3 Å². The van der Waals surface area contributed by atoms with Crippen LogP contribution in [0.15, 0.2) is 63.8 Å². The molecule has 8 rings (SSSR count). The molecular formula is C32H30N2O5S. The van der Waals surface area contributed by atoms with Crippen molar-refractivity contribution in [2.24, 2.45) is 23.2 Å². The molecule has 4 N–H and O–H groups in total. The molecule has 0 aromatic heterocycles. The Morgan fingerprint density at radius 1 is 0.950 bits per heavy atom. The number of fused-ring (bicyclic) bond motifs is 2. The fraction of sp³-hybridized carbons (Fsp3) is 0.344. The quantitative estimate of drug-likeness (QED) is 0.164. The minimum atomic E-state index is -1.09. The van der Waals surface area contributed by atoms with Crippen LogP contribution in [0.25, 0.3) is 33.4 Å². The lowest BCUT2D eigenvalue weighted by Crippen LogP contribution is -2.51. The lowest BCUT2D eigenvalue weighted by molar-refractivity contribution is -0.0490. The molecule has 204 valence electrons. The van der Waals surface area contributed by atoms with Gasteiger partial charge in [-0.2, -0.15) is 0 Å². The second-order valence-electron chi connectivity index (χ2n) is 12.1. The number of thiocarbonyl (C=S) groups is 1. The highest BCUT2D eigenvalue weighted by Gasteiger charge is 2.50. The minimum Gasteiger partial charge on any atom is -0.508 e. The molecule has 0 amide bonds. The van der Waals surface area contributed by atoms with Crippen LogP contribution in [0.1, 0.15) is 48.9 Å². The van der Waals surface area contributed by atoms with Gasteiger partial charge in [0.15, 0.2) is 10.5 Å². The van der Waals surface area contributed by atoms with Crippen molar-refractivity contribution in [2.75, 3.05) is 11.9 Å². The molecule has 0 radical (unpaired) electrons. The molecule has 5 aliphatic carbocycles. The summed E-state index contributed by atoms with van der Waals surface area (Å²) in [4.78, 5) is 24.6. The third-order valence-electron chi connectivity index (χ3n) is 9.24. The standard InChI is InChI=1S/C32H30N2O5S/c35-21-2-5-24-27(11-21)39-28-12-22(36)3-6-25(28)29(24)23-4-1-20(10-26(23)30(37)38)34-31(40)33-16-32-13-17-7-18(14-32)9-19(8-17)15-32/h1-6,10-12,17-19,35H,7-9,13-16H2,(H,37,38)(H2,33,34,40).